The molecule has 0 saturated heterocycles. The lowest BCUT2D eigenvalue weighted by Gasteiger charge is -2.27. The van der Waals surface area contributed by atoms with E-state index < -0.39 is 246 Å². The van der Waals surface area contributed by atoms with Gasteiger partial charge in [-0.05, 0) is 105 Å². The van der Waals surface area contributed by atoms with Crippen LogP contribution in [0.4, 0.5) is 17.1 Å². The van der Waals surface area contributed by atoms with E-state index in [0.717, 1.165) is 6.07 Å². The topological polar surface area (TPSA) is 29.3 Å². The van der Waals surface area contributed by atoms with Gasteiger partial charge in [-0.15, -0.1) is 11.3 Å². The van der Waals surface area contributed by atoms with E-state index in [1.54, 1.807) is 0 Å². The molecular weight excluding hydrogens is 617 g/mol. The average Bonchev–Trinajstić information content (AvgIpc) is 4.10. The quantitative estimate of drug-likeness (QED) is 0.182. The molecule has 0 saturated carbocycles. The van der Waals surface area contributed by atoms with Crippen LogP contribution in [0.2, 0.25) is 0 Å². The Morgan fingerprint density at radius 3 is 2.02 bits per heavy atom. The van der Waals surface area contributed by atoms with Gasteiger partial charge >= 0.3 is 0 Å². The molecule has 0 fully saturated rings. The number of hydrogen-bond donors (Lipinski definition) is 0. The lowest BCUT2D eigenvalue weighted by atomic mass is 9.99. The van der Waals surface area contributed by atoms with Crippen molar-refractivity contribution in [2.45, 2.75) is 0 Å². The van der Waals surface area contributed by atoms with Gasteiger partial charge in [-0.25, -0.2) is 4.98 Å². The van der Waals surface area contributed by atoms with Gasteiger partial charge in [0.25, 0.3) is 0 Å². The summed E-state index contributed by atoms with van der Waals surface area (Å²) < 4.78 is 246. The maximum atomic E-state index is 10.3. The second-order valence-electron chi connectivity index (χ2n) is 10.3. The molecule has 0 aliphatic carbocycles. The summed E-state index contributed by atoms with van der Waals surface area (Å²) >= 11 is 0.535. The first-order valence-electron chi connectivity index (χ1n) is 27.8. The van der Waals surface area contributed by atoms with E-state index in [0.29, 0.717) is 16.2 Å². The van der Waals surface area contributed by atoms with Crippen molar-refractivity contribution in [3.8, 4) is 22.6 Å². The van der Waals surface area contributed by atoms with Crippen LogP contribution in [0, 0.1) is 0 Å². The number of anilines is 3. The summed E-state index contributed by atoms with van der Waals surface area (Å²) in [6, 6.07) is -21.9. The molecule has 0 amide bonds. The van der Waals surface area contributed by atoms with Crippen molar-refractivity contribution < 1.29 is 41.4 Å². The molecule has 4 heteroatoms. The Balaban J connectivity index is 1.48. The smallest absolute Gasteiger partial charge is 0.227 e. The van der Waals surface area contributed by atoms with Gasteiger partial charge in [0.1, 0.15) is 5.52 Å². The maximum absolute atomic E-state index is 10.3. The third-order valence-electron chi connectivity index (χ3n) is 7.41. The third kappa shape index (κ3) is 4.76. The van der Waals surface area contributed by atoms with Crippen LogP contribution < -0.4 is 4.90 Å². The summed E-state index contributed by atoms with van der Waals surface area (Å²) in [7, 11) is 0. The number of aromatic nitrogens is 1. The van der Waals surface area contributed by atoms with Gasteiger partial charge in [0.2, 0.25) is 5.89 Å². The molecule has 0 aliphatic rings. The highest BCUT2D eigenvalue weighted by Gasteiger charge is 2.21. The Hall–Kier alpha value is -6.23. The van der Waals surface area contributed by atoms with Crippen LogP contribution in [-0.2, 0) is 0 Å². The van der Waals surface area contributed by atoms with E-state index in [1.807, 2.05) is 0 Å². The van der Waals surface area contributed by atoms with E-state index in [9.17, 15) is 13.7 Å². The molecule has 2 heterocycles. The zero-order chi connectivity index (χ0) is 55.8. The van der Waals surface area contributed by atoms with E-state index >= 15 is 0 Å². The first-order valence-corrected chi connectivity index (χ1v) is 15.1. The van der Waals surface area contributed by atoms with Crippen LogP contribution in [0.25, 0.3) is 75.4 Å². The second kappa shape index (κ2) is 11.2. The highest BCUT2D eigenvalue weighted by molar-refractivity contribution is 7.26. The molecule has 2 aromatic heterocycles. The SMILES string of the molecule is [2H]c1c([2H])c([2H])c(-c2nc3c([2H])c(-c4c([2H])c(N(c5cc([2H])c6c([2H])c([2H])c([2H])c([2H])c6c5[2H])c5c([2H])c([2H])c([2H])c([2H])c5[2H])c5c(sc6c([2H])c7c([2H])c([2H])c([2H])c([2H])c7c([2H])c65)c4[2H])c([2H])c([2H])c3o2)c([2H])c1[2H]. The van der Waals surface area contributed by atoms with Crippen molar-refractivity contribution in [1.29, 1.82) is 0 Å². The molecule has 10 aromatic rings. The molecular formula is C45H28N2OS. The first-order chi connectivity index (χ1) is 35.5. The fourth-order valence-electron chi connectivity index (χ4n) is 5.30. The Kier molecular flexibility index (Phi) is 2.75. The number of benzene rings is 8. The van der Waals surface area contributed by atoms with Crippen LogP contribution in [-0.4, -0.2) is 4.98 Å². The number of fused-ring (bicyclic) bond motifs is 6. The van der Waals surface area contributed by atoms with Crippen LogP contribution >= 0.6 is 11.3 Å². The molecule has 8 aromatic carbocycles. The van der Waals surface area contributed by atoms with Crippen molar-refractivity contribution >= 4 is 81.2 Å². The zero-order valence-electron chi connectivity index (χ0n) is 51.3. The summed E-state index contributed by atoms with van der Waals surface area (Å²) in [4.78, 5) is 4.93. The van der Waals surface area contributed by atoms with Crippen molar-refractivity contribution in [2.75, 3.05) is 4.90 Å². The van der Waals surface area contributed by atoms with E-state index in [4.69, 9.17) is 27.7 Å². The molecule has 49 heavy (non-hydrogen) atoms. The summed E-state index contributed by atoms with van der Waals surface area (Å²) in [6.45, 7) is 0. The standard InChI is InChI=1S/C45H28N2OS/c1-3-12-30(13-4-1)45-46-39-25-34(20-22-41(39)48-45)35-26-40(44-38-24-32-15-9-10-16-33(32)27-42(38)49-43(44)28-35)47(36-17-5-2-6-18-36)37-21-19-29-11-7-8-14-31(29)23-37/h1-28H/i1D,2D,3D,4D,5D,6D,7D,8D,9D,10D,11D,12D,13D,14D,15D,16D,17D,18D,19D,20D,22D,23D,24D,25D,26D,27D,28D. The van der Waals surface area contributed by atoms with Crippen molar-refractivity contribution in [3.05, 3.63) is 169 Å². The van der Waals surface area contributed by atoms with Gasteiger partial charge < -0.3 is 9.32 Å². The average molecular weight is 672 g/mol. The highest BCUT2D eigenvalue weighted by Crippen LogP contribution is 2.48. The molecule has 0 radical (unpaired) electrons. The van der Waals surface area contributed by atoms with Gasteiger partial charge in [-0.2, -0.15) is 0 Å². The number of para-hydroxylation sites is 1. The van der Waals surface area contributed by atoms with Crippen LogP contribution in [0.15, 0.2) is 174 Å². The lowest BCUT2D eigenvalue weighted by Crippen LogP contribution is -2.10. The molecule has 0 N–H and O–H groups in total. The normalized spacial score (nSPS) is 19.4. The number of rotatable bonds is 5. The van der Waals surface area contributed by atoms with Gasteiger partial charge in [-0.1, -0.05) is 96.7 Å². The van der Waals surface area contributed by atoms with E-state index in [1.165, 1.54) is 0 Å². The largest absolute Gasteiger partial charge is 0.436 e. The minimum absolute atomic E-state index is 0.279. The Morgan fingerprint density at radius 1 is 0.531 bits per heavy atom. The summed E-state index contributed by atoms with van der Waals surface area (Å²) in [6.07, 6.45) is 0. The second-order valence-corrected chi connectivity index (χ2v) is 11.3. The summed E-state index contributed by atoms with van der Waals surface area (Å²) in [5.41, 5.74) is -5.71. The molecule has 230 valence electrons. The number of nitrogens with zero attached hydrogens (tertiary/aromatic N) is 2. The fourth-order valence-corrected chi connectivity index (χ4v) is 6.37. The van der Waals surface area contributed by atoms with Gasteiger partial charge in [0, 0.05) is 37.1 Å². The molecule has 0 atom stereocenters. The predicted octanol–water partition coefficient (Wildman–Crippen LogP) is 13.3. The molecule has 0 bridgehead atoms. The fraction of sp³-hybridized carbons (Fsp3) is 0. The first kappa shape index (κ1) is 12.0. The molecule has 3 nitrogen and oxygen atoms in total. The van der Waals surface area contributed by atoms with Gasteiger partial charge in [-0.3, -0.25) is 0 Å². The van der Waals surface area contributed by atoms with E-state index in [-0.39, 0.29) is 9.40 Å². The Bertz CT molecular complexity index is 4340. The molecule has 0 unspecified atom stereocenters. The zero-order valence-corrected chi connectivity index (χ0v) is 25.1. The number of hydrogen-bond acceptors (Lipinski definition) is 4. The monoisotopic (exact) mass is 671 g/mol. The van der Waals surface area contributed by atoms with Crippen molar-refractivity contribution in [3.63, 3.8) is 0 Å². The van der Waals surface area contributed by atoms with Crippen molar-refractivity contribution in [2.24, 2.45) is 0 Å². The highest BCUT2D eigenvalue weighted by atomic mass is 32.1. The van der Waals surface area contributed by atoms with Gasteiger partial charge in [0.15, 0.2) is 5.58 Å². The summed E-state index contributed by atoms with van der Waals surface area (Å²) in [5, 5.41) is -2.97. The van der Waals surface area contributed by atoms with Crippen LogP contribution in [0.1, 0.15) is 37.0 Å². The Morgan fingerprint density at radius 2 is 1.22 bits per heavy atom. The maximum Gasteiger partial charge on any atom is 0.227 e. The number of oxazole rings is 1. The molecule has 0 aliphatic heterocycles. The molecule has 0 spiro atoms. The minimum Gasteiger partial charge on any atom is -0.436 e. The van der Waals surface area contributed by atoms with Gasteiger partial charge in [0.05, 0.1) is 42.7 Å². The van der Waals surface area contributed by atoms with Crippen LogP contribution in [0.5, 0.6) is 0 Å². The lowest BCUT2D eigenvalue weighted by molar-refractivity contribution is 0.620. The summed E-state index contributed by atoms with van der Waals surface area (Å²) in [5.74, 6) is -0.688. The third-order valence-corrected chi connectivity index (χ3v) is 8.43. The minimum atomic E-state index is -1.04. The predicted molar refractivity (Wildman–Crippen MR) is 207 cm³/mol. The van der Waals surface area contributed by atoms with E-state index in [2.05, 4.69) is 4.98 Å². The number of thiophene rings is 1. The molecule has 10 rings (SSSR count). The van der Waals surface area contributed by atoms with Crippen molar-refractivity contribution in [1.82, 2.24) is 4.98 Å². The Labute approximate surface area is 324 Å². The van der Waals surface area contributed by atoms with Crippen LogP contribution in [0.3, 0.4) is 0 Å².